The van der Waals surface area contributed by atoms with Gasteiger partial charge in [-0.15, -0.1) is 0 Å². The molecule has 2 aliphatic rings. The first-order chi connectivity index (χ1) is 11.0. The Morgan fingerprint density at radius 2 is 2.22 bits per heavy atom. The minimum atomic E-state index is -0.557. The van der Waals surface area contributed by atoms with Gasteiger partial charge in [-0.2, -0.15) is 0 Å². The molecule has 8 heteroatoms. The number of aromatic nitrogens is 1. The van der Waals surface area contributed by atoms with E-state index in [-0.39, 0.29) is 37.1 Å². The molecule has 1 aliphatic carbocycles. The van der Waals surface area contributed by atoms with Crippen molar-refractivity contribution in [2.24, 2.45) is 5.92 Å². The van der Waals surface area contributed by atoms with Gasteiger partial charge in [-0.1, -0.05) is 6.07 Å². The van der Waals surface area contributed by atoms with Crippen molar-refractivity contribution >= 4 is 17.8 Å². The number of carbonyl (C=O) groups is 3. The molecule has 4 amide bonds. The molecule has 0 aromatic carbocycles. The summed E-state index contributed by atoms with van der Waals surface area (Å²) in [6, 6.07) is 4.58. The van der Waals surface area contributed by atoms with E-state index in [9.17, 15) is 19.5 Å². The Bertz CT molecular complexity index is 615. The first kappa shape index (κ1) is 15.4. The van der Waals surface area contributed by atoms with Crippen LogP contribution in [0.3, 0.4) is 0 Å². The predicted molar refractivity (Wildman–Crippen MR) is 79.0 cm³/mol. The van der Waals surface area contributed by atoms with E-state index in [1.807, 2.05) is 12.1 Å². The quantitative estimate of drug-likeness (QED) is 0.637. The van der Waals surface area contributed by atoms with Gasteiger partial charge in [-0.05, 0) is 30.9 Å². The molecule has 1 aromatic rings. The summed E-state index contributed by atoms with van der Waals surface area (Å²) in [5.74, 6) is -0.657. The van der Waals surface area contributed by atoms with Crippen LogP contribution in [-0.2, 0) is 9.59 Å². The molecular weight excluding hydrogens is 300 g/mol. The Morgan fingerprint density at radius 1 is 1.43 bits per heavy atom. The summed E-state index contributed by atoms with van der Waals surface area (Å²) in [5, 5.41) is 14.5. The molecule has 1 saturated heterocycles. The van der Waals surface area contributed by atoms with Crippen LogP contribution in [0.5, 0.6) is 0 Å². The van der Waals surface area contributed by atoms with Crippen molar-refractivity contribution < 1.29 is 19.5 Å². The van der Waals surface area contributed by atoms with Crippen LogP contribution in [0.1, 0.15) is 24.6 Å². The summed E-state index contributed by atoms with van der Waals surface area (Å²) in [7, 11) is 0. The normalized spacial score (nSPS) is 24.8. The molecule has 0 spiro atoms. The molecule has 1 atom stereocenters. The van der Waals surface area contributed by atoms with Gasteiger partial charge in [0, 0.05) is 6.20 Å². The number of pyridine rings is 1. The Hall–Kier alpha value is -2.48. The highest BCUT2D eigenvalue weighted by Gasteiger charge is 2.37. The van der Waals surface area contributed by atoms with E-state index >= 15 is 0 Å². The van der Waals surface area contributed by atoms with Crippen LogP contribution in [0.2, 0.25) is 0 Å². The molecular formula is C15H18N4O4. The lowest BCUT2D eigenvalue weighted by Crippen LogP contribution is -2.45. The van der Waals surface area contributed by atoms with Gasteiger partial charge in [0.25, 0.3) is 0 Å². The summed E-state index contributed by atoms with van der Waals surface area (Å²) < 4.78 is 0. The fraction of sp³-hybridized carbons (Fsp3) is 0.467. The third kappa shape index (κ3) is 3.48. The average molecular weight is 318 g/mol. The number of rotatable bonds is 5. The molecule has 2 fully saturated rings. The first-order valence-electron chi connectivity index (χ1n) is 7.50. The van der Waals surface area contributed by atoms with E-state index in [1.165, 1.54) is 0 Å². The second kappa shape index (κ2) is 6.33. The number of nitrogens with one attached hydrogen (secondary N) is 2. The van der Waals surface area contributed by atoms with E-state index in [0.29, 0.717) is 12.8 Å². The summed E-state index contributed by atoms with van der Waals surface area (Å²) in [6.07, 6.45) is 2.51. The number of aliphatic hydroxyl groups is 1. The van der Waals surface area contributed by atoms with E-state index in [4.69, 9.17) is 0 Å². The Balaban J connectivity index is 1.65. The number of aliphatic hydroxyl groups excluding tert-OH is 1. The maximum Gasteiger partial charge on any atom is 0.325 e. The highest BCUT2D eigenvalue weighted by Crippen LogP contribution is 2.37. The van der Waals surface area contributed by atoms with Crippen molar-refractivity contribution in [3.8, 4) is 0 Å². The van der Waals surface area contributed by atoms with E-state index in [2.05, 4.69) is 15.6 Å². The van der Waals surface area contributed by atoms with Crippen LogP contribution < -0.4 is 10.6 Å². The SMILES string of the molecule is O=C1CN(CC(=O)NC(c2ccccn2)C2CC(O)C2)C(=O)N1. The zero-order valence-corrected chi connectivity index (χ0v) is 12.4. The molecule has 2 heterocycles. The van der Waals surface area contributed by atoms with E-state index in [0.717, 1.165) is 10.6 Å². The lowest BCUT2D eigenvalue weighted by molar-refractivity contribution is -0.123. The molecule has 3 rings (SSSR count). The molecule has 1 saturated carbocycles. The minimum Gasteiger partial charge on any atom is -0.393 e. The molecule has 1 aliphatic heterocycles. The standard InChI is InChI=1S/C15H18N4O4/c20-10-5-9(6-10)14(11-3-1-2-4-16-11)17-12(21)7-19-8-13(22)18-15(19)23/h1-4,9-10,14,20H,5-8H2,(H,17,21)(H,18,22,23). The molecule has 0 radical (unpaired) electrons. The smallest absolute Gasteiger partial charge is 0.325 e. The van der Waals surface area contributed by atoms with Gasteiger partial charge in [-0.3, -0.25) is 19.9 Å². The third-order valence-electron chi connectivity index (χ3n) is 4.15. The molecule has 8 nitrogen and oxygen atoms in total. The number of nitrogens with zero attached hydrogens (tertiary/aromatic N) is 2. The van der Waals surface area contributed by atoms with Gasteiger partial charge in [0.05, 0.1) is 17.8 Å². The lowest BCUT2D eigenvalue weighted by atomic mass is 9.76. The van der Waals surface area contributed by atoms with Crippen molar-refractivity contribution in [2.75, 3.05) is 13.1 Å². The molecule has 1 aromatic heterocycles. The number of amides is 4. The zero-order chi connectivity index (χ0) is 16.4. The topological polar surface area (TPSA) is 112 Å². The van der Waals surface area contributed by atoms with Gasteiger partial charge in [0.1, 0.15) is 13.1 Å². The fourth-order valence-corrected chi connectivity index (χ4v) is 2.90. The largest absolute Gasteiger partial charge is 0.393 e. The van der Waals surface area contributed by atoms with Gasteiger partial charge in [0.15, 0.2) is 0 Å². The summed E-state index contributed by atoms with van der Waals surface area (Å²) >= 11 is 0. The Labute approximate surface area is 132 Å². The van der Waals surface area contributed by atoms with Crippen LogP contribution in [0.15, 0.2) is 24.4 Å². The van der Waals surface area contributed by atoms with Crippen LogP contribution in [-0.4, -0.2) is 52.0 Å². The fourth-order valence-electron chi connectivity index (χ4n) is 2.90. The van der Waals surface area contributed by atoms with Gasteiger partial charge >= 0.3 is 6.03 Å². The number of imide groups is 1. The summed E-state index contributed by atoms with van der Waals surface area (Å²) in [4.78, 5) is 40.3. The van der Waals surface area contributed by atoms with Crippen molar-refractivity contribution in [1.82, 2.24) is 20.5 Å². The summed E-state index contributed by atoms with van der Waals surface area (Å²) in [6.45, 7) is -0.293. The lowest BCUT2D eigenvalue weighted by Gasteiger charge is -2.37. The third-order valence-corrected chi connectivity index (χ3v) is 4.15. The number of urea groups is 1. The molecule has 3 N–H and O–H groups in total. The van der Waals surface area contributed by atoms with Gasteiger partial charge in [-0.25, -0.2) is 4.79 Å². The average Bonchev–Trinajstić information content (AvgIpc) is 2.80. The maximum atomic E-state index is 12.2. The Morgan fingerprint density at radius 3 is 2.78 bits per heavy atom. The van der Waals surface area contributed by atoms with Crippen molar-refractivity contribution in [1.29, 1.82) is 0 Å². The van der Waals surface area contributed by atoms with Crippen molar-refractivity contribution in [3.05, 3.63) is 30.1 Å². The number of hydrogen-bond acceptors (Lipinski definition) is 5. The highest BCUT2D eigenvalue weighted by atomic mass is 16.3. The first-order valence-corrected chi connectivity index (χ1v) is 7.50. The predicted octanol–water partition coefficient (Wildman–Crippen LogP) is -0.438. The van der Waals surface area contributed by atoms with Gasteiger partial charge in [0.2, 0.25) is 11.8 Å². The molecule has 1 unspecified atom stereocenters. The second-order valence-corrected chi connectivity index (χ2v) is 5.89. The van der Waals surface area contributed by atoms with E-state index in [1.54, 1.807) is 12.3 Å². The second-order valence-electron chi connectivity index (χ2n) is 5.89. The van der Waals surface area contributed by atoms with Crippen molar-refractivity contribution in [3.63, 3.8) is 0 Å². The zero-order valence-electron chi connectivity index (χ0n) is 12.4. The molecule has 122 valence electrons. The van der Waals surface area contributed by atoms with Crippen LogP contribution in [0, 0.1) is 5.92 Å². The van der Waals surface area contributed by atoms with Crippen LogP contribution in [0.4, 0.5) is 4.79 Å². The van der Waals surface area contributed by atoms with Crippen molar-refractivity contribution in [2.45, 2.75) is 25.0 Å². The van der Waals surface area contributed by atoms with Crippen LogP contribution in [0.25, 0.3) is 0 Å². The van der Waals surface area contributed by atoms with Crippen LogP contribution >= 0.6 is 0 Å². The molecule has 0 bridgehead atoms. The highest BCUT2D eigenvalue weighted by molar-refractivity contribution is 6.03. The monoisotopic (exact) mass is 318 g/mol. The van der Waals surface area contributed by atoms with Gasteiger partial charge < -0.3 is 15.3 Å². The minimum absolute atomic E-state index is 0.108. The Kier molecular flexibility index (Phi) is 4.24. The maximum absolute atomic E-state index is 12.2. The summed E-state index contributed by atoms with van der Waals surface area (Å²) in [5.41, 5.74) is 0.722. The molecule has 23 heavy (non-hydrogen) atoms. The number of carbonyl (C=O) groups excluding carboxylic acids is 3. The number of hydrogen-bond donors (Lipinski definition) is 3. The van der Waals surface area contributed by atoms with E-state index < -0.39 is 11.9 Å².